The van der Waals surface area contributed by atoms with Crippen molar-refractivity contribution in [3.05, 3.63) is 12.2 Å². The number of rotatable bonds is 4. The molecular weight excluding hydrogens is 400 g/mol. The number of ether oxygens (including phenoxy) is 3. The number of hydrogen-bond donors (Lipinski definition) is 1. The fourth-order valence-electron chi connectivity index (χ4n) is 10.4. The van der Waals surface area contributed by atoms with Crippen LogP contribution in [0.25, 0.3) is 0 Å². The first-order chi connectivity index (χ1) is 15.1. The van der Waals surface area contributed by atoms with Crippen molar-refractivity contribution in [1.82, 2.24) is 0 Å². The number of aliphatic hydroxyl groups excluding tert-OH is 1. The van der Waals surface area contributed by atoms with E-state index in [0.717, 1.165) is 44.9 Å². The Morgan fingerprint density at radius 3 is 2.66 bits per heavy atom. The van der Waals surface area contributed by atoms with Crippen LogP contribution in [0, 0.1) is 40.4 Å². The molecule has 4 saturated carbocycles. The molecule has 3 saturated heterocycles. The zero-order chi connectivity index (χ0) is 22.3. The van der Waals surface area contributed by atoms with Gasteiger partial charge in [0.15, 0.2) is 6.29 Å². The Morgan fingerprint density at radius 2 is 1.88 bits per heavy atom. The molecule has 4 heteroatoms. The molecule has 4 nitrogen and oxygen atoms in total. The summed E-state index contributed by atoms with van der Waals surface area (Å²) < 4.78 is 20.4. The van der Waals surface area contributed by atoms with Crippen LogP contribution in [0.3, 0.4) is 0 Å². The third-order valence-corrected chi connectivity index (χ3v) is 12.2. The average molecular weight is 443 g/mol. The van der Waals surface area contributed by atoms with Crippen molar-refractivity contribution in [1.29, 1.82) is 0 Å². The van der Waals surface area contributed by atoms with Gasteiger partial charge in [0.2, 0.25) is 0 Å². The topological polar surface area (TPSA) is 51.2 Å². The molecule has 2 spiro atoms. The molecule has 7 rings (SSSR count). The summed E-state index contributed by atoms with van der Waals surface area (Å²) in [6.07, 6.45) is 10.5. The minimum Gasteiger partial charge on any atom is -0.393 e. The van der Waals surface area contributed by atoms with Crippen LogP contribution in [0.1, 0.15) is 85.5 Å². The van der Waals surface area contributed by atoms with Gasteiger partial charge in [-0.2, -0.15) is 0 Å². The maximum absolute atomic E-state index is 10.4. The molecule has 7 fully saturated rings. The van der Waals surface area contributed by atoms with Crippen LogP contribution in [-0.2, 0) is 14.2 Å². The predicted octanol–water partition coefficient (Wildman–Crippen LogP) is 5.23. The van der Waals surface area contributed by atoms with E-state index in [1.54, 1.807) is 0 Å². The summed E-state index contributed by atoms with van der Waals surface area (Å²) in [5.41, 5.74) is 1.73. The summed E-state index contributed by atoms with van der Waals surface area (Å²) in [5.74, 6) is 2.87. The zero-order valence-electron chi connectivity index (χ0n) is 20.4. The molecule has 3 heterocycles. The molecule has 2 bridgehead atoms. The Hall–Kier alpha value is -0.420. The van der Waals surface area contributed by atoms with Crippen LogP contribution in [-0.4, -0.2) is 40.9 Å². The van der Waals surface area contributed by atoms with Gasteiger partial charge < -0.3 is 19.3 Å². The highest BCUT2D eigenvalue weighted by molar-refractivity contribution is 5.33. The van der Waals surface area contributed by atoms with Crippen LogP contribution in [0.15, 0.2) is 12.2 Å². The highest BCUT2D eigenvalue weighted by Crippen LogP contribution is 2.81. The van der Waals surface area contributed by atoms with E-state index in [1.165, 1.54) is 18.4 Å². The minimum absolute atomic E-state index is 0.0239. The lowest BCUT2D eigenvalue weighted by molar-refractivity contribution is -0.175. The quantitative estimate of drug-likeness (QED) is 0.478. The van der Waals surface area contributed by atoms with Gasteiger partial charge in [-0.15, -0.1) is 0 Å². The highest BCUT2D eigenvalue weighted by Gasteiger charge is 2.87. The van der Waals surface area contributed by atoms with Crippen LogP contribution in [0.5, 0.6) is 0 Å². The molecule has 1 unspecified atom stereocenters. The second-order valence-corrected chi connectivity index (χ2v) is 13.5. The lowest BCUT2D eigenvalue weighted by atomic mass is 9.44. The molecule has 0 aromatic heterocycles. The van der Waals surface area contributed by atoms with Crippen molar-refractivity contribution in [3.8, 4) is 0 Å². The summed E-state index contributed by atoms with van der Waals surface area (Å²) in [5, 5.41) is 10.4. The molecule has 4 aliphatic carbocycles. The second kappa shape index (κ2) is 6.22. The van der Waals surface area contributed by atoms with Gasteiger partial charge in [-0.05, 0) is 87.9 Å². The zero-order valence-corrected chi connectivity index (χ0v) is 20.4. The van der Waals surface area contributed by atoms with Gasteiger partial charge in [-0.1, -0.05) is 32.9 Å². The number of fused-ring (bicyclic) bond motifs is 2. The number of aliphatic hydroxyl groups is 1. The van der Waals surface area contributed by atoms with Gasteiger partial charge in [0.1, 0.15) is 5.60 Å². The summed E-state index contributed by atoms with van der Waals surface area (Å²) in [6, 6.07) is 0. The molecule has 0 amide bonds. The van der Waals surface area contributed by atoms with Gasteiger partial charge in [0.05, 0.1) is 23.9 Å². The van der Waals surface area contributed by atoms with Gasteiger partial charge in [0, 0.05) is 17.3 Å². The second-order valence-electron chi connectivity index (χ2n) is 13.5. The first kappa shape index (κ1) is 20.9. The Kier molecular flexibility index (Phi) is 4.07. The molecule has 0 aromatic carbocycles. The molecule has 32 heavy (non-hydrogen) atoms. The first-order valence-corrected chi connectivity index (χ1v) is 13.5. The van der Waals surface area contributed by atoms with Crippen molar-refractivity contribution in [2.75, 3.05) is 0 Å². The summed E-state index contributed by atoms with van der Waals surface area (Å²) in [6.45, 7) is 13.7. The summed E-state index contributed by atoms with van der Waals surface area (Å²) in [7, 11) is 0. The van der Waals surface area contributed by atoms with Crippen LogP contribution < -0.4 is 0 Å². The van der Waals surface area contributed by atoms with Gasteiger partial charge in [0.25, 0.3) is 0 Å². The number of allylic oxidation sites excluding steroid dienone is 1. The molecule has 7 aliphatic rings. The van der Waals surface area contributed by atoms with Gasteiger partial charge in [-0.3, -0.25) is 0 Å². The fraction of sp³-hybridized carbons (Fsp3) is 0.929. The van der Waals surface area contributed by atoms with Gasteiger partial charge >= 0.3 is 0 Å². The largest absolute Gasteiger partial charge is 0.393 e. The van der Waals surface area contributed by atoms with E-state index >= 15 is 0 Å². The van der Waals surface area contributed by atoms with Crippen molar-refractivity contribution in [2.24, 2.45) is 40.4 Å². The third kappa shape index (κ3) is 2.25. The van der Waals surface area contributed by atoms with E-state index in [2.05, 4.69) is 34.3 Å². The monoisotopic (exact) mass is 442 g/mol. The van der Waals surface area contributed by atoms with Crippen molar-refractivity contribution < 1.29 is 19.3 Å². The van der Waals surface area contributed by atoms with E-state index < -0.39 is 0 Å². The highest BCUT2D eigenvalue weighted by atomic mass is 16.7. The maximum Gasteiger partial charge on any atom is 0.165 e. The Morgan fingerprint density at radius 1 is 1.06 bits per heavy atom. The van der Waals surface area contributed by atoms with Crippen molar-refractivity contribution >= 4 is 0 Å². The molecule has 0 radical (unpaired) electrons. The van der Waals surface area contributed by atoms with E-state index in [4.69, 9.17) is 14.2 Å². The van der Waals surface area contributed by atoms with Crippen LogP contribution in [0.4, 0.5) is 0 Å². The molecule has 3 aliphatic heterocycles. The van der Waals surface area contributed by atoms with Crippen molar-refractivity contribution in [3.63, 3.8) is 0 Å². The average Bonchev–Trinajstić information content (AvgIpc) is 3.15. The lowest BCUT2D eigenvalue weighted by Gasteiger charge is -2.58. The number of hydrogen-bond acceptors (Lipinski definition) is 4. The molecule has 178 valence electrons. The Bertz CT molecular complexity index is 854. The maximum atomic E-state index is 10.4. The molecule has 1 N–H and O–H groups in total. The lowest BCUT2D eigenvalue weighted by Crippen LogP contribution is -2.60. The smallest absolute Gasteiger partial charge is 0.165 e. The SMILES string of the molecule is C=C(CC[C@]1(C)O[C@@H]2O[C@H]3C[C@H]1C21CC[C@@H]2[C@@]4(C)CC[C@H](O)C[C@@H]4C[C@@H]4O[C@@]42[C@H]31)C(C)C. The minimum atomic E-state index is -0.106. The summed E-state index contributed by atoms with van der Waals surface area (Å²) in [4.78, 5) is 0. The standard InChI is InChI=1S/C28H42O4/c1-15(2)16(3)6-10-26(5)21-14-19-23-27(21,24(30-19)32-26)11-8-20-25(4)9-7-18(29)12-17(25)13-22-28(20,23)31-22/h15,17-24,29H,3,6-14H2,1-2,4-5H3/t17-,18+,19+,20-,21-,22+,23-,24+,25+,26+,27?,28-/m1/s1. The predicted molar refractivity (Wildman–Crippen MR) is 122 cm³/mol. The van der Waals surface area contributed by atoms with E-state index in [1.807, 2.05) is 0 Å². The summed E-state index contributed by atoms with van der Waals surface area (Å²) >= 11 is 0. The third-order valence-electron chi connectivity index (χ3n) is 12.2. The number of epoxide rings is 1. The fourth-order valence-corrected chi connectivity index (χ4v) is 10.4. The molecular formula is C28H42O4. The Balaban J connectivity index is 1.21. The van der Waals surface area contributed by atoms with E-state index in [-0.39, 0.29) is 29.0 Å². The van der Waals surface area contributed by atoms with Crippen molar-refractivity contribution in [2.45, 2.75) is 121 Å². The van der Waals surface area contributed by atoms with Gasteiger partial charge in [-0.25, -0.2) is 0 Å². The molecule has 0 aromatic rings. The van der Waals surface area contributed by atoms with E-state index in [9.17, 15) is 5.11 Å². The first-order valence-electron chi connectivity index (χ1n) is 13.5. The van der Waals surface area contributed by atoms with E-state index in [0.29, 0.717) is 47.2 Å². The molecule has 12 atom stereocenters. The normalized spacial score (nSPS) is 61.2. The van der Waals surface area contributed by atoms with Crippen LogP contribution >= 0.6 is 0 Å². The Labute approximate surface area is 193 Å². The van der Waals surface area contributed by atoms with Crippen LogP contribution in [0.2, 0.25) is 0 Å².